The number of rotatable bonds is 4. The Balaban J connectivity index is 1.75. The standard InChI is InChI=1S/C18H26N2O3/c1-22-13-7-6-12(17(10-13)23-2)11-20-9-8-14-15(18(20)21)4-3-5-16(14)19/h6-7,10,14-16H,3-5,8-9,11,19H2,1-2H3/t14?,15-,16+/m1/s1. The van der Waals surface area contributed by atoms with Crippen molar-refractivity contribution in [3.05, 3.63) is 23.8 Å². The number of carbonyl (C=O) groups excluding carboxylic acids is 1. The second kappa shape index (κ2) is 6.79. The van der Waals surface area contributed by atoms with Crippen LogP contribution in [0.4, 0.5) is 0 Å². The van der Waals surface area contributed by atoms with E-state index < -0.39 is 0 Å². The van der Waals surface area contributed by atoms with Crippen LogP contribution in [-0.4, -0.2) is 37.6 Å². The van der Waals surface area contributed by atoms with Crippen molar-refractivity contribution < 1.29 is 14.3 Å². The average Bonchev–Trinajstić information content (AvgIpc) is 2.58. The Hall–Kier alpha value is -1.75. The molecule has 5 heteroatoms. The summed E-state index contributed by atoms with van der Waals surface area (Å²) in [6, 6.07) is 5.94. The van der Waals surface area contributed by atoms with Gasteiger partial charge < -0.3 is 20.1 Å². The Morgan fingerprint density at radius 1 is 1.22 bits per heavy atom. The maximum absolute atomic E-state index is 12.8. The van der Waals surface area contributed by atoms with Crippen LogP contribution in [0.2, 0.25) is 0 Å². The number of methoxy groups -OCH3 is 2. The van der Waals surface area contributed by atoms with Crippen LogP contribution in [0.3, 0.4) is 0 Å². The summed E-state index contributed by atoms with van der Waals surface area (Å²) >= 11 is 0. The quantitative estimate of drug-likeness (QED) is 0.924. The molecule has 0 aromatic heterocycles. The predicted molar refractivity (Wildman–Crippen MR) is 88.4 cm³/mol. The summed E-state index contributed by atoms with van der Waals surface area (Å²) in [7, 11) is 3.28. The lowest BCUT2D eigenvalue weighted by Gasteiger charge is -2.43. The van der Waals surface area contributed by atoms with E-state index in [1.807, 2.05) is 23.1 Å². The van der Waals surface area contributed by atoms with Crippen molar-refractivity contribution in [2.24, 2.45) is 17.6 Å². The highest BCUT2D eigenvalue weighted by atomic mass is 16.5. The highest BCUT2D eigenvalue weighted by molar-refractivity contribution is 5.80. The van der Waals surface area contributed by atoms with E-state index in [0.717, 1.165) is 49.3 Å². The summed E-state index contributed by atoms with van der Waals surface area (Å²) in [5.41, 5.74) is 7.24. The number of nitrogens with two attached hydrogens (primary N) is 1. The number of ether oxygens (including phenoxy) is 2. The summed E-state index contributed by atoms with van der Waals surface area (Å²) in [6.45, 7) is 1.37. The van der Waals surface area contributed by atoms with Crippen molar-refractivity contribution >= 4 is 5.91 Å². The number of fused-ring (bicyclic) bond motifs is 1. The third-order valence-corrected chi connectivity index (χ3v) is 5.34. The SMILES string of the molecule is COc1ccc(CN2CCC3[C@@H](N)CCC[C@H]3C2=O)c(OC)c1. The molecule has 1 unspecified atom stereocenters. The van der Waals surface area contributed by atoms with Crippen LogP contribution >= 0.6 is 0 Å². The molecule has 5 nitrogen and oxygen atoms in total. The van der Waals surface area contributed by atoms with Gasteiger partial charge in [-0.05, 0) is 37.3 Å². The van der Waals surface area contributed by atoms with Gasteiger partial charge in [0.1, 0.15) is 11.5 Å². The van der Waals surface area contributed by atoms with Crippen molar-refractivity contribution in [3.63, 3.8) is 0 Å². The van der Waals surface area contributed by atoms with E-state index in [1.54, 1.807) is 14.2 Å². The van der Waals surface area contributed by atoms with Crippen molar-refractivity contribution in [2.45, 2.75) is 38.3 Å². The van der Waals surface area contributed by atoms with Gasteiger partial charge in [-0.3, -0.25) is 4.79 Å². The lowest BCUT2D eigenvalue weighted by molar-refractivity contribution is -0.144. The van der Waals surface area contributed by atoms with E-state index in [-0.39, 0.29) is 17.9 Å². The van der Waals surface area contributed by atoms with Crippen molar-refractivity contribution in [3.8, 4) is 11.5 Å². The first-order valence-electron chi connectivity index (χ1n) is 8.39. The largest absolute Gasteiger partial charge is 0.497 e. The topological polar surface area (TPSA) is 64.8 Å². The van der Waals surface area contributed by atoms with Gasteiger partial charge >= 0.3 is 0 Å². The third-order valence-electron chi connectivity index (χ3n) is 5.34. The van der Waals surface area contributed by atoms with E-state index >= 15 is 0 Å². The van der Waals surface area contributed by atoms with Gasteiger partial charge in [-0.2, -0.15) is 0 Å². The molecule has 3 rings (SSSR count). The molecule has 1 saturated heterocycles. The highest BCUT2D eigenvalue weighted by Gasteiger charge is 2.41. The van der Waals surface area contributed by atoms with Crippen LogP contribution in [0.5, 0.6) is 11.5 Å². The minimum absolute atomic E-state index is 0.108. The number of hydrogen-bond donors (Lipinski definition) is 1. The molecule has 1 aliphatic carbocycles. The summed E-state index contributed by atoms with van der Waals surface area (Å²) in [5, 5.41) is 0. The number of amides is 1. The summed E-state index contributed by atoms with van der Waals surface area (Å²) in [5.74, 6) is 2.25. The third kappa shape index (κ3) is 3.15. The van der Waals surface area contributed by atoms with E-state index in [0.29, 0.717) is 12.5 Å². The molecule has 2 fully saturated rings. The maximum Gasteiger partial charge on any atom is 0.226 e. The normalized spacial score (nSPS) is 27.5. The van der Waals surface area contributed by atoms with E-state index in [4.69, 9.17) is 15.2 Å². The fraction of sp³-hybridized carbons (Fsp3) is 0.611. The van der Waals surface area contributed by atoms with Crippen molar-refractivity contribution in [1.29, 1.82) is 0 Å². The first-order chi connectivity index (χ1) is 11.1. The second-order valence-electron chi connectivity index (χ2n) is 6.59. The zero-order valence-corrected chi connectivity index (χ0v) is 14.0. The predicted octanol–water partition coefficient (Wildman–Crippen LogP) is 2.18. The van der Waals surface area contributed by atoms with Gasteiger partial charge in [0.15, 0.2) is 0 Å². The first kappa shape index (κ1) is 16.1. The molecule has 1 aliphatic heterocycles. The second-order valence-corrected chi connectivity index (χ2v) is 6.59. The molecule has 1 amide bonds. The fourth-order valence-electron chi connectivity index (χ4n) is 4.02. The van der Waals surface area contributed by atoms with Crippen LogP contribution in [0, 0.1) is 11.8 Å². The molecule has 3 atom stereocenters. The van der Waals surface area contributed by atoms with E-state index in [2.05, 4.69) is 0 Å². The molecule has 0 bridgehead atoms. The number of nitrogens with zero attached hydrogens (tertiary/aromatic N) is 1. The number of likely N-dealkylation sites (tertiary alicyclic amines) is 1. The molecule has 1 aromatic carbocycles. The van der Waals surface area contributed by atoms with Gasteiger partial charge in [-0.15, -0.1) is 0 Å². The minimum Gasteiger partial charge on any atom is -0.497 e. The zero-order chi connectivity index (χ0) is 16.4. The maximum atomic E-state index is 12.8. The Labute approximate surface area is 137 Å². The molecule has 1 aromatic rings. The molecule has 2 aliphatic rings. The molecule has 0 spiro atoms. The Bertz CT molecular complexity index is 575. The lowest BCUT2D eigenvalue weighted by atomic mass is 9.72. The number of piperidine rings is 1. The van der Waals surface area contributed by atoms with Crippen LogP contribution in [-0.2, 0) is 11.3 Å². The molecule has 2 N–H and O–H groups in total. The number of carbonyl (C=O) groups is 1. The summed E-state index contributed by atoms with van der Waals surface area (Å²) in [6.07, 6.45) is 4.11. The van der Waals surface area contributed by atoms with Crippen LogP contribution in [0.15, 0.2) is 18.2 Å². The first-order valence-corrected chi connectivity index (χ1v) is 8.39. The minimum atomic E-state index is 0.108. The van der Waals surface area contributed by atoms with Gasteiger partial charge in [0.25, 0.3) is 0 Å². The summed E-state index contributed by atoms with van der Waals surface area (Å²) in [4.78, 5) is 14.8. The molecule has 0 radical (unpaired) electrons. The van der Waals surface area contributed by atoms with Gasteiger partial charge in [0.05, 0.1) is 14.2 Å². The van der Waals surface area contributed by atoms with Gasteiger partial charge in [-0.1, -0.05) is 6.42 Å². The Morgan fingerprint density at radius 3 is 2.78 bits per heavy atom. The molecule has 23 heavy (non-hydrogen) atoms. The van der Waals surface area contributed by atoms with Crippen molar-refractivity contribution in [1.82, 2.24) is 4.90 Å². The smallest absolute Gasteiger partial charge is 0.226 e. The molecule has 126 valence electrons. The monoisotopic (exact) mass is 318 g/mol. The van der Waals surface area contributed by atoms with E-state index in [9.17, 15) is 4.79 Å². The van der Waals surface area contributed by atoms with Crippen LogP contribution in [0.25, 0.3) is 0 Å². The van der Waals surface area contributed by atoms with Gasteiger partial charge in [0.2, 0.25) is 5.91 Å². The lowest BCUT2D eigenvalue weighted by Crippen LogP contribution is -2.52. The van der Waals surface area contributed by atoms with E-state index in [1.165, 1.54) is 0 Å². The van der Waals surface area contributed by atoms with Crippen LogP contribution < -0.4 is 15.2 Å². The molecular weight excluding hydrogens is 292 g/mol. The average molecular weight is 318 g/mol. The molecule has 1 saturated carbocycles. The van der Waals surface area contributed by atoms with Gasteiger partial charge in [0, 0.05) is 36.7 Å². The Morgan fingerprint density at radius 2 is 2.04 bits per heavy atom. The van der Waals surface area contributed by atoms with Crippen LogP contribution in [0.1, 0.15) is 31.2 Å². The zero-order valence-electron chi connectivity index (χ0n) is 14.0. The van der Waals surface area contributed by atoms with Gasteiger partial charge in [-0.25, -0.2) is 0 Å². The number of hydrogen-bond acceptors (Lipinski definition) is 4. The Kier molecular flexibility index (Phi) is 4.76. The highest BCUT2D eigenvalue weighted by Crippen LogP contribution is 2.37. The van der Waals surface area contributed by atoms with Crippen molar-refractivity contribution in [2.75, 3.05) is 20.8 Å². The molecular formula is C18H26N2O3. The number of benzene rings is 1. The fourth-order valence-corrected chi connectivity index (χ4v) is 4.02. The molecule has 1 heterocycles. The summed E-state index contributed by atoms with van der Waals surface area (Å²) < 4.78 is 10.7.